The number of nitrogens with zero attached hydrogens (tertiary/aromatic N) is 3. The molecule has 2 aromatic heterocycles. The molecule has 5 nitrogen and oxygen atoms in total. The first-order valence-corrected chi connectivity index (χ1v) is 6.24. The van der Waals surface area contributed by atoms with Crippen molar-refractivity contribution in [2.75, 3.05) is 6.61 Å². The third kappa shape index (κ3) is 2.24. The minimum absolute atomic E-state index is 0.578. The maximum Gasteiger partial charge on any atom is 0.181 e. The zero-order valence-electron chi connectivity index (χ0n) is 10.2. The molecule has 1 aromatic carbocycles. The summed E-state index contributed by atoms with van der Waals surface area (Å²) in [6.07, 6.45) is 3.15. The number of fused-ring (bicyclic) bond motifs is 1. The number of H-pyrrole nitrogens is 1. The first-order chi connectivity index (χ1) is 9.28. The molecular weight excluding hydrogens is 264 g/mol. The van der Waals surface area contributed by atoms with Crippen LogP contribution in [0.15, 0.2) is 30.7 Å². The molecule has 0 bridgehead atoms. The lowest BCUT2D eigenvalue weighted by molar-refractivity contribution is 0.341. The van der Waals surface area contributed by atoms with Crippen LogP contribution in [0.1, 0.15) is 6.92 Å². The van der Waals surface area contributed by atoms with Gasteiger partial charge >= 0.3 is 0 Å². The highest BCUT2D eigenvalue weighted by molar-refractivity contribution is 6.30. The number of hydrogen-bond donors (Lipinski definition) is 1. The van der Waals surface area contributed by atoms with Crippen LogP contribution in [0.4, 0.5) is 0 Å². The fourth-order valence-corrected chi connectivity index (χ4v) is 2.03. The largest absolute Gasteiger partial charge is 0.493 e. The molecule has 6 heteroatoms. The molecule has 0 fully saturated rings. The summed E-state index contributed by atoms with van der Waals surface area (Å²) in [6.45, 7) is 2.51. The summed E-state index contributed by atoms with van der Waals surface area (Å²) in [7, 11) is 0. The van der Waals surface area contributed by atoms with E-state index in [1.807, 2.05) is 19.1 Å². The number of rotatable bonds is 3. The van der Waals surface area contributed by atoms with E-state index in [9.17, 15) is 0 Å². The van der Waals surface area contributed by atoms with E-state index < -0.39 is 0 Å². The summed E-state index contributed by atoms with van der Waals surface area (Å²) >= 11 is 6.04. The van der Waals surface area contributed by atoms with Gasteiger partial charge in [0.15, 0.2) is 5.65 Å². The van der Waals surface area contributed by atoms with Gasteiger partial charge in [-0.25, -0.2) is 15.0 Å². The molecule has 3 aromatic rings. The number of ether oxygens (including phenoxy) is 1. The van der Waals surface area contributed by atoms with Crippen molar-refractivity contribution in [2.24, 2.45) is 0 Å². The van der Waals surface area contributed by atoms with Gasteiger partial charge in [-0.3, -0.25) is 0 Å². The van der Waals surface area contributed by atoms with E-state index in [-0.39, 0.29) is 0 Å². The SMILES string of the molecule is CCOc1ccc(Cl)cc1-c1nc2ncncc2[nH]1. The van der Waals surface area contributed by atoms with Crippen LogP contribution >= 0.6 is 11.6 Å². The van der Waals surface area contributed by atoms with Crippen molar-refractivity contribution in [3.05, 3.63) is 35.7 Å². The maximum atomic E-state index is 6.04. The fourth-order valence-electron chi connectivity index (χ4n) is 1.86. The van der Waals surface area contributed by atoms with Crippen molar-refractivity contribution >= 4 is 22.8 Å². The number of aromatic amines is 1. The quantitative estimate of drug-likeness (QED) is 0.797. The molecule has 19 heavy (non-hydrogen) atoms. The van der Waals surface area contributed by atoms with E-state index in [0.29, 0.717) is 23.1 Å². The molecule has 96 valence electrons. The Labute approximate surface area is 114 Å². The van der Waals surface area contributed by atoms with E-state index >= 15 is 0 Å². The summed E-state index contributed by atoms with van der Waals surface area (Å²) < 4.78 is 5.59. The Morgan fingerprint density at radius 3 is 3.05 bits per heavy atom. The van der Waals surface area contributed by atoms with E-state index in [1.165, 1.54) is 6.33 Å². The van der Waals surface area contributed by atoms with Crippen LogP contribution in [-0.4, -0.2) is 26.5 Å². The highest BCUT2D eigenvalue weighted by Crippen LogP contribution is 2.31. The van der Waals surface area contributed by atoms with E-state index in [2.05, 4.69) is 19.9 Å². The van der Waals surface area contributed by atoms with Gasteiger partial charge in [-0.05, 0) is 25.1 Å². The topological polar surface area (TPSA) is 63.7 Å². The molecule has 0 atom stereocenters. The Bertz CT molecular complexity index is 692. The lowest BCUT2D eigenvalue weighted by Gasteiger charge is -2.08. The molecule has 0 spiro atoms. The van der Waals surface area contributed by atoms with Crippen molar-refractivity contribution in [3.63, 3.8) is 0 Å². The Morgan fingerprint density at radius 2 is 2.26 bits per heavy atom. The van der Waals surface area contributed by atoms with Gasteiger partial charge in [-0.2, -0.15) is 0 Å². The van der Waals surface area contributed by atoms with Gasteiger partial charge in [0.2, 0.25) is 0 Å². The van der Waals surface area contributed by atoms with Crippen molar-refractivity contribution in [1.82, 2.24) is 19.9 Å². The van der Waals surface area contributed by atoms with E-state index in [1.54, 1.807) is 12.3 Å². The van der Waals surface area contributed by atoms with Gasteiger partial charge in [-0.1, -0.05) is 11.6 Å². The molecule has 0 unspecified atom stereocenters. The molecule has 3 rings (SSSR count). The zero-order valence-corrected chi connectivity index (χ0v) is 11.0. The highest BCUT2D eigenvalue weighted by atomic mass is 35.5. The summed E-state index contributed by atoms with van der Waals surface area (Å²) in [5.41, 5.74) is 2.21. The molecule has 0 aliphatic heterocycles. The first kappa shape index (κ1) is 11.9. The fraction of sp³-hybridized carbons (Fsp3) is 0.154. The molecule has 0 aliphatic carbocycles. The van der Waals surface area contributed by atoms with Crippen LogP contribution in [-0.2, 0) is 0 Å². The molecule has 2 heterocycles. The Hall–Kier alpha value is -2.14. The van der Waals surface area contributed by atoms with Crippen molar-refractivity contribution < 1.29 is 4.74 Å². The minimum atomic E-state index is 0.578. The first-order valence-electron chi connectivity index (χ1n) is 5.86. The van der Waals surface area contributed by atoms with Gasteiger partial charge in [0.25, 0.3) is 0 Å². The standard InChI is InChI=1S/C13H11ClN4O/c1-2-19-11-4-3-8(14)5-9(11)12-17-10-6-15-7-16-13(10)18-12/h3-7H,2H2,1H3,(H,15,16,17,18). The van der Waals surface area contributed by atoms with Gasteiger partial charge in [0, 0.05) is 5.02 Å². The van der Waals surface area contributed by atoms with E-state index in [4.69, 9.17) is 16.3 Å². The number of halogens is 1. The van der Waals surface area contributed by atoms with Crippen molar-refractivity contribution in [2.45, 2.75) is 6.92 Å². The smallest absolute Gasteiger partial charge is 0.181 e. The predicted octanol–water partition coefficient (Wildman–Crippen LogP) is 3.07. The zero-order chi connectivity index (χ0) is 13.2. The average Bonchev–Trinajstić information content (AvgIpc) is 2.84. The van der Waals surface area contributed by atoms with Crippen molar-refractivity contribution in [3.8, 4) is 17.1 Å². The molecule has 0 radical (unpaired) electrons. The second-order valence-corrected chi connectivity index (χ2v) is 4.36. The number of hydrogen-bond acceptors (Lipinski definition) is 4. The highest BCUT2D eigenvalue weighted by Gasteiger charge is 2.12. The van der Waals surface area contributed by atoms with E-state index in [0.717, 1.165) is 16.8 Å². The van der Waals surface area contributed by atoms with Crippen LogP contribution in [0, 0.1) is 0 Å². The van der Waals surface area contributed by atoms with Gasteiger partial charge in [0.1, 0.15) is 23.4 Å². The second kappa shape index (κ2) is 4.85. The number of aromatic nitrogens is 4. The summed E-state index contributed by atoms with van der Waals surface area (Å²) in [6, 6.07) is 5.44. The monoisotopic (exact) mass is 274 g/mol. The lowest BCUT2D eigenvalue weighted by Crippen LogP contribution is -1.94. The summed E-state index contributed by atoms with van der Waals surface area (Å²) in [5, 5.41) is 0.630. The molecule has 0 saturated heterocycles. The predicted molar refractivity (Wildman–Crippen MR) is 73.3 cm³/mol. The molecule has 0 aliphatic rings. The van der Waals surface area contributed by atoms with Gasteiger partial charge in [0.05, 0.1) is 18.4 Å². The van der Waals surface area contributed by atoms with Gasteiger partial charge < -0.3 is 9.72 Å². The molecular formula is C13H11ClN4O. The third-order valence-corrected chi connectivity index (χ3v) is 2.89. The van der Waals surface area contributed by atoms with Gasteiger partial charge in [-0.15, -0.1) is 0 Å². The number of benzene rings is 1. The van der Waals surface area contributed by atoms with Crippen LogP contribution < -0.4 is 4.74 Å². The van der Waals surface area contributed by atoms with Crippen LogP contribution in [0.3, 0.4) is 0 Å². The molecule has 0 amide bonds. The second-order valence-electron chi connectivity index (χ2n) is 3.92. The molecule has 1 N–H and O–H groups in total. The molecule has 0 saturated carbocycles. The van der Waals surface area contributed by atoms with Crippen LogP contribution in [0.2, 0.25) is 5.02 Å². The summed E-state index contributed by atoms with van der Waals surface area (Å²) in [4.78, 5) is 15.6. The number of imidazole rings is 1. The van der Waals surface area contributed by atoms with Crippen LogP contribution in [0.5, 0.6) is 5.75 Å². The van der Waals surface area contributed by atoms with Crippen molar-refractivity contribution in [1.29, 1.82) is 0 Å². The van der Waals surface area contributed by atoms with Crippen LogP contribution in [0.25, 0.3) is 22.6 Å². The average molecular weight is 275 g/mol. The Morgan fingerprint density at radius 1 is 1.37 bits per heavy atom. The normalized spacial score (nSPS) is 10.8. The minimum Gasteiger partial charge on any atom is -0.493 e. The lowest BCUT2D eigenvalue weighted by atomic mass is 10.2. The third-order valence-electron chi connectivity index (χ3n) is 2.66. The maximum absolute atomic E-state index is 6.04. The Balaban J connectivity index is 2.16. The number of nitrogens with one attached hydrogen (secondary N) is 1. The summed E-state index contributed by atoms with van der Waals surface area (Å²) in [5.74, 6) is 1.40. The Kier molecular flexibility index (Phi) is 3.05.